The van der Waals surface area contributed by atoms with Crippen LogP contribution in [0.25, 0.3) is 0 Å². The number of imidazole rings is 1. The van der Waals surface area contributed by atoms with Crippen LogP contribution in [0.15, 0.2) is 49.1 Å². The molecule has 3 nitrogen and oxygen atoms in total. The smallest absolute Gasteiger partial charge is 0.165 e. The number of hydrogen-bond acceptors (Lipinski definition) is 2. The number of hydrogen-bond donors (Lipinski definition) is 1. The monoisotopic (exact) mass is 188 g/mol. The van der Waals surface area contributed by atoms with Gasteiger partial charge in [-0.25, -0.2) is 4.98 Å². The van der Waals surface area contributed by atoms with Crippen LogP contribution in [0.3, 0.4) is 0 Å². The van der Waals surface area contributed by atoms with Crippen molar-refractivity contribution in [3.8, 4) is 0 Å². The molecule has 1 unspecified atom stereocenters. The summed E-state index contributed by atoms with van der Waals surface area (Å²) in [5, 5.41) is 10.3. The summed E-state index contributed by atoms with van der Waals surface area (Å²) >= 11 is 0. The Bertz CT molecular complexity index is 392. The third-order valence-corrected chi connectivity index (χ3v) is 2.33. The first-order chi connectivity index (χ1) is 6.71. The molecule has 1 aromatic heterocycles. The van der Waals surface area contributed by atoms with E-state index in [2.05, 4.69) is 4.98 Å². The van der Waals surface area contributed by atoms with E-state index < -0.39 is 5.72 Å². The third kappa shape index (κ3) is 1.42. The SMILES string of the molecule is CC(O)(c1ccccc1)n1ccnc1. The molecule has 0 amide bonds. The summed E-state index contributed by atoms with van der Waals surface area (Å²) in [6.07, 6.45) is 5.00. The molecule has 1 atom stereocenters. The average molecular weight is 188 g/mol. The Morgan fingerprint density at radius 1 is 1.29 bits per heavy atom. The van der Waals surface area contributed by atoms with Gasteiger partial charge in [-0.1, -0.05) is 30.3 Å². The van der Waals surface area contributed by atoms with E-state index in [0.717, 1.165) is 5.56 Å². The van der Waals surface area contributed by atoms with Gasteiger partial charge in [0.1, 0.15) is 0 Å². The summed E-state index contributed by atoms with van der Waals surface area (Å²) in [6, 6.07) is 9.51. The van der Waals surface area contributed by atoms with E-state index >= 15 is 0 Å². The lowest BCUT2D eigenvalue weighted by molar-refractivity contribution is 0.0252. The summed E-state index contributed by atoms with van der Waals surface area (Å²) in [4.78, 5) is 3.92. The second-order valence-electron chi connectivity index (χ2n) is 3.36. The molecule has 3 heteroatoms. The Morgan fingerprint density at radius 2 is 2.00 bits per heavy atom. The molecule has 72 valence electrons. The zero-order chi connectivity index (χ0) is 10.0. The minimum atomic E-state index is -1.03. The van der Waals surface area contributed by atoms with Crippen molar-refractivity contribution in [1.82, 2.24) is 9.55 Å². The second kappa shape index (κ2) is 3.27. The van der Waals surface area contributed by atoms with Crippen LogP contribution in [0.4, 0.5) is 0 Å². The minimum Gasteiger partial charge on any atom is -0.367 e. The molecule has 1 N–H and O–H groups in total. The van der Waals surface area contributed by atoms with Crippen LogP contribution in [0, 0.1) is 0 Å². The van der Waals surface area contributed by atoms with Gasteiger partial charge < -0.3 is 9.67 Å². The van der Waals surface area contributed by atoms with E-state index in [-0.39, 0.29) is 0 Å². The van der Waals surface area contributed by atoms with Crippen LogP contribution in [0.1, 0.15) is 12.5 Å². The maximum Gasteiger partial charge on any atom is 0.165 e. The third-order valence-electron chi connectivity index (χ3n) is 2.33. The number of benzene rings is 1. The quantitative estimate of drug-likeness (QED) is 0.777. The van der Waals surface area contributed by atoms with Gasteiger partial charge >= 0.3 is 0 Å². The highest BCUT2D eigenvalue weighted by atomic mass is 16.3. The van der Waals surface area contributed by atoms with Crippen molar-refractivity contribution in [1.29, 1.82) is 0 Å². The molecule has 0 aliphatic rings. The van der Waals surface area contributed by atoms with E-state index in [1.165, 1.54) is 0 Å². The fourth-order valence-corrected chi connectivity index (χ4v) is 1.42. The Balaban J connectivity index is 2.43. The Hall–Kier alpha value is -1.61. The van der Waals surface area contributed by atoms with Gasteiger partial charge in [-0.15, -0.1) is 0 Å². The molecular formula is C11H12N2O. The zero-order valence-electron chi connectivity index (χ0n) is 7.96. The summed E-state index contributed by atoms with van der Waals surface area (Å²) in [6.45, 7) is 1.74. The molecule has 1 aromatic carbocycles. The Kier molecular flexibility index (Phi) is 2.09. The fourth-order valence-electron chi connectivity index (χ4n) is 1.42. The standard InChI is InChI=1S/C11H12N2O/c1-11(14,13-8-7-12-9-13)10-5-3-2-4-6-10/h2-9,14H,1H3. The molecule has 0 bridgehead atoms. The molecule has 0 aliphatic heterocycles. The lowest BCUT2D eigenvalue weighted by Crippen LogP contribution is -2.29. The maximum atomic E-state index is 10.3. The first-order valence-electron chi connectivity index (χ1n) is 4.47. The van der Waals surface area contributed by atoms with Gasteiger partial charge in [-0.2, -0.15) is 0 Å². The van der Waals surface area contributed by atoms with Gasteiger partial charge in [0.05, 0.1) is 6.33 Å². The molecule has 0 aliphatic carbocycles. The van der Waals surface area contributed by atoms with Gasteiger partial charge in [-0.05, 0) is 6.92 Å². The summed E-state index contributed by atoms with van der Waals surface area (Å²) in [5.74, 6) is 0. The van der Waals surface area contributed by atoms with Crippen LogP contribution in [0.5, 0.6) is 0 Å². The highest BCUT2D eigenvalue weighted by Gasteiger charge is 2.23. The highest BCUT2D eigenvalue weighted by molar-refractivity contribution is 5.21. The highest BCUT2D eigenvalue weighted by Crippen LogP contribution is 2.21. The van der Waals surface area contributed by atoms with Gasteiger partial charge in [0.15, 0.2) is 5.72 Å². The van der Waals surface area contributed by atoms with Crippen molar-refractivity contribution in [2.45, 2.75) is 12.6 Å². The van der Waals surface area contributed by atoms with E-state index in [4.69, 9.17) is 0 Å². The summed E-state index contributed by atoms with van der Waals surface area (Å²) < 4.78 is 1.67. The Labute approximate surface area is 82.7 Å². The molecule has 0 saturated carbocycles. The molecule has 2 rings (SSSR count). The predicted octanol–water partition coefficient (Wildman–Crippen LogP) is 1.60. The first-order valence-corrected chi connectivity index (χ1v) is 4.47. The van der Waals surface area contributed by atoms with Crippen molar-refractivity contribution in [3.63, 3.8) is 0 Å². The molecule has 0 radical (unpaired) electrons. The summed E-state index contributed by atoms with van der Waals surface area (Å²) in [7, 11) is 0. The normalized spacial score (nSPS) is 15.0. The number of rotatable bonds is 2. The predicted molar refractivity (Wildman–Crippen MR) is 53.6 cm³/mol. The summed E-state index contributed by atoms with van der Waals surface area (Å²) in [5.41, 5.74) is -0.185. The number of aromatic nitrogens is 2. The zero-order valence-corrected chi connectivity index (χ0v) is 7.96. The van der Waals surface area contributed by atoms with E-state index in [0.29, 0.717) is 0 Å². The van der Waals surface area contributed by atoms with E-state index in [1.807, 2.05) is 30.3 Å². The van der Waals surface area contributed by atoms with Crippen molar-refractivity contribution < 1.29 is 5.11 Å². The minimum absolute atomic E-state index is 0.845. The van der Waals surface area contributed by atoms with Crippen LogP contribution in [-0.4, -0.2) is 14.7 Å². The molecule has 1 heterocycles. The first kappa shape index (κ1) is 8.97. The largest absolute Gasteiger partial charge is 0.367 e. The maximum absolute atomic E-state index is 10.3. The van der Waals surface area contributed by atoms with E-state index in [9.17, 15) is 5.11 Å². The molecular weight excluding hydrogens is 176 g/mol. The number of nitrogens with zero attached hydrogens (tertiary/aromatic N) is 2. The van der Waals surface area contributed by atoms with E-state index in [1.54, 1.807) is 30.2 Å². The van der Waals surface area contributed by atoms with Gasteiger partial charge in [-0.3, -0.25) is 0 Å². The van der Waals surface area contributed by atoms with Crippen LogP contribution in [0.2, 0.25) is 0 Å². The lowest BCUT2D eigenvalue weighted by Gasteiger charge is -2.25. The number of aliphatic hydroxyl groups is 1. The average Bonchev–Trinajstić information content (AvgIpc) is 2.72. The fraction of sp³-hybridized carbons (Fsp3) is 0.182. The van der Waals surface area contributed by atoms with Gasteiger partial charge in [0.25, 0.3) is 0 Å². The lowest BCUT2D eigenvalue weighted by atomic mass is 10.1. The van der Waals surface area contributed by atoms with Crippen LogP contribution in [-0.2, 0) is 5.72 Å². The van der Waals surface area contributed by atoms with Crippen LogP contribution >= 0.6 is 0 Å². The Morgan fingerprint density at radius 3 is 2.57 bits per heavy atom. The van der Waals surface area contributed by atoms with Crippen LogP contribution < -0.4 is 0 Å². The topological polar surface area (TPSA) is 38.0 Å². The van der Waals surface area contributed by atoms with Gasteiger partial charge in [0, 0.05) is 18.0 Å². The van der Waals surface area contributed by atoms with Crippen molar-refractivity contribution in [2.24, 2.45) is 0 Å². The van der Waals surface area contributed by atoms with Crippen molar-refractivity contribution >= 4 is 0 Å². The molecule has 14 heavy (non-hydrogen) atoms. The molecule has 0 spiro atoms. The molecule has 0 saturated heterocycles. The van der Waals surface area contributed by atoms with Gasteiger partial charge in [0.2, 0.25) is 0 Å². The van der Waals surface area contributed by atoms with Crippen molar-refractivity contribution in [2.75, 3.05) is 0 Å². The second-order valence-corrected chi connectivity index (χ2v) is 3.36. The van der Waals surface area contributed by atoms with Crippen molar-refractivity contribution in [3.05, 3.63) is 54.6 Å². The molecule has 2 aromatic rings. The molecule has 0 fully saturated rings.